The molecule has 2 rings (SSSR count). The van der Waals surface area contributed by atoms with Crippen LogP contribution >= 0.6 is 11.6 Å². The van der Waals surface area contributed by atoms with Gasteiger partial charge in [-0.05, 0) is 19.1 Å². The van der Waals surface area contributed by atoms with Crippen LogP contribution in [0.25, 0.3) is 0 Å². The third-order valence-electron chi connectivity index (χ3n) is 2.91. The van der Waals surface area contributed by atoms with Crippen molar-refractivity contribution >= 4 is 27.3 Å². The Morgan fingerprint density at radius 3 is 2.84 bits per heavy atom. The normalized spacial score (nSPS) is 21.5. The second-order valence-corrected chi connectivity index (χ2v) is 6.62. The van der Waals surface area contributed by atoms with Crippen LogP contribution in [0.2, 0.25) is 5.02 Å². The lowest BCUT2D eigenvalue weighted by atomic mass is 10.3. The standard InChI is InChI=1S/C11H14ClFN2O3S/c1-7-6-18-3-2-15(7)19(16,17)10-5-8(14)4-9(12)11(10)13/h4-5,7H,2-3,6,14H2,1H3. The molecule has 1 aliphatic heterocycles. The number of nitrogens with two attached hydrogens (primary N) is 1. The van der Waals surface area contributed by atoms with E-state index in [4.69, 9.17) is 22.1 Å². The molecule has 1 aliphatic rings. The van der Waals surface area contributed by atoms with Gasteiger partial charge in [0.05, 0.1) is 18.2 Å². The molecule has 0 aromatic heterocycles. The first-order valence-corrected chi connectivity index (χ1v) is 7.50. The van der Waals surface area contributed by atoms with Crippen molar-refractivity contribution in [3.8, 4) is 0 Å². The van der Waals surface area contributed by atoms with Crippen molar-refractivity contribution in [2.24, 2.45) is 0 Å². The SMILES string of the molecule is CC1COCCN1S(=O)(=O)c1cc(N)cc(Cl)c1F. The maximum Gasteiger partial charge on any atom is 0.246 e. The Morgan fingerprint density at radius 2 is 2.21 bits per heavy atom. The van der Waals surface area contributed by atoms with Gasteiger partial charge in [0.25, 0.3) is 0 Å². The molecule has 1 aromatic carbocycles. The maximum atomic E-state index is 13.9. The number of nitrogens with zero attached hydrogens (tertiary/aromatic N) is 1. The summed E-state index contributed by atoms with van der Waals surface area (Å²) in [6.07, 6.45) is 0. The number of sulfonamides is 1. The number of nitrogen functional groups attached to an aromatic ring is 1. The lowest BCUT2D eigenvalue weighted by Crippen LogP contribution is -2.47. The summed E-state index contributed by atoms with van der Waals surface area (Å²) >= 11 is 5.64. The first-order valence-electron chi connectivity index (χ1n) is 5.68. The number of morpholine rings is 1. The van der Waals surface area contributed by atoms with Crippen molar-refractivity contribution in [3.05, 3.63) is 23.0 Å². The molecule has 1 heterocycles. The lowest BCUT2D eigenvalue weighted by molar-refractivity contribution is 0.0392. The molecular formula is C11H14ClFN2O3S. The highest BCUT2D eigenvalue weighted by molar-refractivity contribution is 7.89. The number of anilines is 1. The van der Waals surface area contributed by atoms with E-state index < -0.39 is 20.7 Å². The number of hydrogen-bond acceptors (Lipinski definition) is 4. The molecule has 0 saturated carbocycles. The van der Waals surface area contributed by atoms with Crippen LogP contribution in [0.15, 0.2) is 17.0 Å². The van der Waals surface area contributed by atoms with Crippen LogP contribution in [0.5, 0.6) is 0 Å². The Labute approximate surface area is 116 Å². The predicted molar refractivity (Wildman–Crippen MR) is 70.0 cm³/mol. The van der Waals surface area contributed by atoms with E-state index in [9.17, 15) is 12.8 Å². The molecule has 1 atom stereocenters. The fourth-order valence-electron chi connectivity index (χ4n) is 1.97. The number of benzene rings is 1. The molecule has 2 N–H and O–H groups in total. The average molecular weight is 309 g/mol. The quantitative estimate of drug-likeness (QED) is 0.840. The smallest absolute Gasteiger partial charge is 0.246 e. The molecule has 1 fully saturated rings. The van der Waals surface area contributed by atoms with Gasteiger partial charge in [-0.2, -0.15) is 4.31 Å². The zero-order valence-corrected chi connectivity index (χ0v) is 11.8. The summed E-state index contributed by atoms with van der Waals surface area (Å²) in [5, 5.41) is -0.306. The molecule has 19 heavy (non-hydrogen) atoms. The van der Waals surface area contributed by atoms with Gasteiger partial charge in [0.1, 0.15) is 4.90 Å². The molecule has 0 radical (unpaired) electrons. The lowest BCUT2D eigenvalue weighted by Gasteiger charge is -2.32. The van der Waals surface area contributed by atoms with E-state index in [1.807, 2.05) is 0 Å². The highest BCUT2D eigenvalue weighted by Crippen LogP contribution is 2.29. The van der Waals surface area contributed by atoms with E-state index in [1.165, 1.54) is 10.4 Å². The Hall–Kier alpha value is -0.890. The minimum atomic E-state index is -3.97. The molecule has 1 saturated heterocycles. The van der Waals surface area contributed by atoms with Gasteiger partial charge in [-0.15, -0.1) is 0 Å². The van der Waals surface area contributed by atoms with Crippen LogP contribution in [0.3, 0.4) is 0 Å². The van der Waals surface area contributed by atoms with Gasteiger partial charge in [-0.3, -0.25) is 0 Å². The molecule has 5 nitrogen and oxygen atoms in total. The van der Waals surface area contributed by atoms with E-state index >= 15 is 0 Å². The first-order chi connectivity index (χ1) is 8.84. The zero-order valence-electron chi connectivity index (χ0n) is 10.3. The monoisotopic (exact) mass is 308 g/mol. The van der Waals surface area contributed by atoms with Crippen molar-refractivity contribution in [2.45, 2.75) is 17.9 Å². The molecule has 0 bridgehead atoms. The van der Waals surface area contributed by atoms with Crippen molar-refractivity contribution in [2.75, 3.05) is 25.5 Å². The van der Waals surface area contributed by atoms with Crippen molar-refractivity contribution in [1.82, 2.24) is 4.31 Å². The van der Waals surface area contributed by atoms with E-state index in [1.54, 1.807) is 6.92 Å². The Bertz CT molecular complexity index is 594. The summed E-state index contributed by atoms with van der Waals surface area (Å²) in [4.78, 5) is -0.494. The average Bonchev–Trinajstić information content (AvgIpc) is 2.34. The maximum absolute atomic E-state index is 13.9. The summed E-state index contributed by atoms with van der Waals surface area (Å²) in [5.74, 6) is -0.977. The molecule has 0 aliphatic carbocycles. The number of halogens is 2. The van der Waals surface area contributed by atoms with Crippen LogP contribution in [0.4, 0.5) is 10.1 Å². The van der Waals surface area contributed by atoms with Gasteiger partial charge in [0.15, 0.2) is 5.82 Å². The van der Waals surface area contributed by atoms with E-state index in [-0.39, 0.29) is 36.5 Å². The van der Waals surface area contributed by atoms with E-state index in [0.717, 1.165) is 6.07 Å². The van der Waals surface area contributed by atoms with E-state index in [2.05, 4.69) is 0 Å². The first kappa shape index (κ1) is 14.5. The van der Waals surface area contributed by atoms with Gasteiger partial charge in [-0.1, -0.05) is 11.6 Å². The predicted octanol–water partition coefficient (Wildman–Crippen LogP) is 1.47. The van der Waals surface area contributed by atoms with Crippen molar-refractivity contribution in [1.29, 1.82) is 0 Å². The summed E-state index contributed by atoms with van der Waals surface area (Å²) in [6, 6.07) is 1.90. The van der Waals surface area contributed by atoms with Crippen LogP contribution in [0.1, 0.15) is 6.92 Å². The second kappa shape index (κ2) is 5.24. The summed E-state index contributed by atoms with van der Waals surface area (Å²) in [7, 11) is -3.97. The van der Waals surface area contributed by atoms with E-state index in [0.29, 0.717) is 0 Å². The summed E-state index contributed by atoms with van der Waals surface area (Å²) in [5.41, 5.74) is 5.63. The highest BCUT2D eigenvalue weighted by atomic mass is 35.5. The molecule has 1 aromatic rings. The van der Waals surface area contributed by atoms with Crippen LogP contribution in [-0.4, -0.2) is 38.5 Å². The molecule has 1 unspecified atom stereocenters. The van der Waals surface area contributed by atoms with Gasteiger partial charge in [0.2, 0.25) is 10.0 Å². The number of ether oxygens (including phenoxy) is 1. The third-order valence-corrected chi connectivity index (χ3v) is 5.20. The second-order valence-electron chi connectivity index (χ2n) is 4.35. The zero-order chi connectivity index (χ0) is 14.2. The number of rotatable bonds is 2. The van der Waals surface area contributed by atoms with Crippen LogP contribution in [0, 0.1) is 5.82 Å². The molecule has 8 heteroatoms. The highest BCUT2D eigenvalue weighted by Gasteiger charge is 2.34. The summed E-state index contributed by atoms with van der Waals surface area (Å²) < 4.78 is 45.2. The van der Waals surface area contributed by atoms with Crippen molar-refractivity contribution in [3.63, 3.8) is 0 Å². The topological polar surface area (TPSA) is 72.6 Å². The van der Waals surface area contributed by atoms with Crippen molar-refractivity contribution < 1.29 is 17.5 Å². The van der Waals surface area contributed by atoms with Gasteiger partial charge >= 0.3 is 0 Å². The minimum absolute atomic E-state index is 0.103. The molecule has 0 amide bonds. The number of hydrogen-bond donors (Lipinski definition) is 1. The summed E-state index contributed by atoms with van der Waals surface area (Å²) in [6.45, 7) is 2.43. The fraction of sp³-hybridized carbons (Fsp3) is 0.455. The molecular weight excluding hydrogens is 295 g/mol. The van der Waals surface area contributed by atoms with Gasteiger partial charge in [-0.25, -0.2) is 12.8 Å². The van der Waals surface area contributed by atoms with Crippen LogP contribution in [-0.2, 0) is 14.8 Å². The fourth-order valence-corrected chi connectivity index (χ4v) is 3.97. The largest absolute Gasteiger partial charge is 0.399 e. The third kappa shape index (κ3) is 2.69. The van der Waals surface area contributed by atoms with Gasteiger partial charge < -0.3 is 10.5 Å². The van der Waals surface area contributed by atoms with Gasteiger partial charge in [0, 0.05) is 18.3 Å². The molecule has 106 valence electrons. The Balaban J connectivity index is 2.50. The Morgan fingerprint density at radius 1 is 1.53 bits per heavy atom. The minimum Gasteiger partial charge on any atom is -0.399 e. The molecule has 0 spiro atoms. The Kier molecular flexibility index (Phi) is 4.00. The van der Waals surface area contributed by atoms with Crippen LogP contribution < -0.4 is 5.73 Å².